The zero-order valence-corrected chi connectivity index (χ0v) is 12.8. The maximum Gasteiger partial charge on any atom is 0.257 e. The van der Waals surface area contributed by atoms with Gasteiger partial charge < -0.3 is 4.90 Å². The summed E-state index contributed by atoms with van der Waals surface area (Å²) in [5.74, 6) is -0.115. The predicted molar refractivity (Wildman–Crippen MR) is 73.4 cm³/mol. The number of hydrogen-bond donors (Lipinski definition) is 0. The predicted octanol–water partition coefficient (Wildman–Crippen LogP) is 3.76. The summed E-state index contributed by atoms with van der Waals surface area (Å²) >= 11 is 9.24. The van der Waals surface area contributed by atoms with Crippen LogP contribution in [-0.4, -0.2) is 28.4 Å². The van der Waals surface area contributed by atoms with Crippen molar-refractivity contribution < 1.29 is 4.79 Å². The van der Waals surface area contributed by atoms with Gasteiger partial charge in [-0.3, -0.25) is 4.79 Å². The molecule has 0 spiro atoms. The van der Waals surface area contributed by atoms with Gasteiger partial charge in [0.2, 0.25) is 0 Å². The summed E-state index contributed by atoms with van der Waals surface area (Å²) < 4.78 is 0.743. The molecule has 0 aliphatic carbocycles. The number of halogens is 2. The summed E-state index contributed by atoms with van der Waals surface area (Å²) in [6.07, 6.45) is 2.44. The van der Waals surface area contributed by atoms with Crippen molar-refractivity contribution in [2.24, 2.45) is 0 Å². The van der Waals surface area contributed by atoms with Crippen LogP contribution in [0.1, 0.15) is 37.6 Å². The van der Waals surface area contributed by atoms with Crippen LogP contribution < -0.4 is 0 Å². The fourth-order valence-electron chi connectivity index (χ4n) is 1.27. The van der Waals surface area contributed by atoms with Crippen molar-refractivity contribution in [3.8, 4) is 0 Å². The quantitative estimate of drug-likeness (QED) is 0.795. The molecule has 0 aromatic carbocycles. The maximum absolute atomic E-state index is 12.3. The molecule has 0 saturated heterocycles. The van der Waals surface area contributed by atoms with Crippen molar-refractivity contribution in [3.05, 3.63) is 27.5 Å². The van der Waals surface area contributed by atoms with Gasteiger partial charge in [-0.2, -0.15) is 0 Å². The van der Waals surface area contributed by atoms with Crippen molar-refractivity contribution in [3.63, 3.8) is 0 Å². The first-order valence-corrected chi connectivity index (χ1v) is 6.56. The summed E-state index contributed by atoms with van der Waals surface area (Å²) in [7, 11) is 1.78. The van der Waals surface area contributed by atoms with E-state index in [1.54, 1.807) is 24.2 Å². The Morgan fingerprint density at radius 1 is 1.59 bits per heavy atom. The molecule has 0 bridgehead atoms. The van der Waals surface area contributed by atoms with Crippen LogP contribution in [0.2, 0.25) is 5.15 Å². The molecule has 1 aromatic rings. The standard InChI is InChI=1S/C12H16BrClN2O/c1-5-12(2,3)16(4)11(17)9-6-8(13)7-15-10(9)14/h6-7H,5H2,1-4H3. The molecule has 5 heteroatoms. The van der Waals surface area contributed by atoms with Gasteiger partial charge in [-0.25, -0.2) is 4.98 Å². The molecule has 0 fully saturated rings. The summed E-state index contributed by atoms with van der Waals surface area (Å²) in [5.41, 5.74) is 0.216. The molecule has 1 amide bonds. The van der Waals surface area contributed by atoms with Crippen molar-refractivity contribution in [1.29, 1.82) is 0 Å². The highest BCUT2D eigenvalue weighted by atomic mass is 79.9. The molecule has 0 aliphatic heterocycles. The minimum absolute atomic E-state index is 0.115. The molecule has 0 N–H and O–H groups in total. The highest BCUT2D eigenvalue weighted by molar-refractivity contribution is 9.10. The molecule has 0 unspecified atom stereocenters. The zero-order valence-electron chi connectivity index (χ0n) is 10.4. The molecule has 1 aromatic heterocycles. The van der Waals surface area contributed by atoms with E-state index in [0.29, 0.717) is 5.56 Å². The second-order valence-electron chi connectivity index (χ2n) is 4.52. The Balaban J connectivity index is 3.08. The summed E-state index contributed by atoms with van der Waals surface area (Å²) in [6, 6.07) is 1.69. The van der Waals surface area contributed by atoms with E-state index in [9.17, 15) is 4.79 Å². The van der Waals surface area contributed by atoms with Gasteiger partial charge in [-0.1, -0.05) is 18.5 Å². The van der Waals surface area contributed by atoms with Crippen LogP contribution in [0.5, 0.6) is 0 Å². The maximum atomic E-state index is 12.3. The van der Waals surface area contributed by atoms with Crippen molar-refractivity contribution >= 4 is 33.4 Å². The van der Waals surface area contributed by atoms with Crippen LogP contribution in [0.4, 0.5) is 0 Å². The van der Waals surface area contributed by atoms with Crippen LogP contribution in [0.3, 0.4) is 0 Å². The van der Waals surface area contributed by atoms with Gasteiger partial charge in [0.05, 0.1) is 5.56 Å². The van der Waals surface area contributed by atoms with Gasteiger partial charge in [-0.05, 0) is 42.3 Å². The summed E-state index contributed by atoms with van der Waals surface area (Å²) in [6.45, 7) is 6.08. The molecule has 0 aliphatic rings. The number of rotatable bonds is 3. The first-order chi connectivity index (χ1) is 7.79. The lowest BCUT2D eigenvalue weighted by molar-refractivity contribution is 0.0620. The lowest BCUT2D eigenvalue weighted by Gasteiger charge is -2.35. The highest BCUT2D eigenvalue weighted by Gasteiger charge is 2.28. The Kier molecular flexibility index (Phi) is 4.55. The molecular formula is C12H16BrClN2O. The van der Waals surface area contributed by atoms with Crippen LogP contribution >= 0.6 is 27.5 Å². The molecule has 0 atom stereocenters. The molecule has 17 heavy (non-hydrogen) atoms. The summed E-state index contributed by atoms with van der Waals surface area (Å²) in [5, 5.41) is 0.233. The molecule has 1 heterocycles. The third kappa shape index (κ3) is 3.19. The van der Waals surface area contributed by atoms with Crippen LogP contribution in [0, 0.1) is 0 Å². The van der Waals surface area contributed by atoms with E-state index >= 15 is 0 Å². The second kappa shape index (κ2) is 5.36. The average Bonchev–Trinajstić information content (AvgIpc) is 2.30. The van der Waals surface area contributed by atoms with Gasteiger partial charge in [0.25, 0.3) is 5.91 Å². The summed E-state index contributed by atoms with van der Waals surface area (Å²) in [4.78, 5) is 18.0. The van der Waals surface area contributed by atoms with E-state index in [1.807, 2.05) is 20.8 Å². The molecule has 1 rings (SSSR count). The number of carbonyl (C=O) groups is 1. The number of pyridine rings is 1. The van der Waals surface area contributed by atoms with E-state index < -0.39 is 0 Å². The largest absolute Gasteiger partial charge is 0.337 e. The van der Waals surface area contributed by atoms with Gasteiger partial charge in [-0.15, -0.1) is 0 Å². The molecular weight excluding hydrogens is 304 g/mol. The minimum atomic E-state index is -0.206. The fraction of sp³-hybridized carbons (Fsp3) is 0.500. The van der Waals surface area contributed by atoms with Gasteiger partial charge >= 0.3 is 0 Å². The van der Waals surface area contributed by atoms with Crippen LogP contribution in [-0.2, 0) is 0 Å². The number of carbonyl (C=O) groups excluding carboxylic acids is 1. The third-order valence-corrected chi connectivity index (χ3v) is 3.85. The Hall–Kier alpha value is -0.610. The SMILES string of the molecule is CCC(C)(C)N(C)C(=O)c1cc(Br)cnc1Cl. The van der Waals surface area contributed by atoms with Crippen molar-refractivity contribution in [2.45, 2.75) is 32.7 Å². The lowest BCUT2D eigenvalue weighted by Crippen LogP contribution is -2.44. The van der Waals surface area contributed by atoms with Crippen LogP contribution in [0.15, 0.2) is 16.7 Å². The second-order valence-corrected chi connectivity index (χ2v) is 5.80. The molecule has 0 saturated carbocycles. The Labute approximate surface area is 115 Å². The normalized spacial score (nSPS) is 11.4. The zero-order chi connectivity index (χ0) is 13.2. The Bertz CT molecular complexity index is 435. The lowest BCUT2D eigenvalue weighted by atomic mass is 9.99. The number of nitrogens with zero attached hydrogens (tertiary/aromatic N) is 2. The third-order valence-electron chi connectivity index (χ3n) is 3.11. The van der Waals surface area contributed by atoms with Crippen molar-refractivity contribution in [1.82, 2.24) is 9.88 Å². The van der Waals surface area contributed by atoms with E-state index in [4.69, 9.17) is 11.6 Å². The molecule has 94 valence electrons. The van der Waals surface area contributed by atoms with E-state index in [-0.39, 0.29) is 16.6 Å². The molecule has 0 radical (unpaired) electrons. The topological polar surface area (TPSA) is 33.2 Å². The number of amides is 1. The first kappa shape index (κ1) is 14.5. The fourth-order valence-corrected chi connectivity index (χ4v) is 1.78. The number of hydrogen-bond acceptors (Lipinski definition) is 2. The first-order valence-electron chi connectivity index (χ1n) is 5.39. The smallest absolute Gasteiger partial charge is 0.257 e. The monoisotopic (exact) mass is 318 g/mol. The molecule has 3 nitrogen and oxygen atoms in total. The van der Waals surface area contributed by atoms with Crippen LogP contribution in [0.25, 0.3) is 0 Å². The Morgan fingerprint density at radius 2 is 2.18 bits per heavy atom. The Morgan fingerprint density at radius 3 is 2.71 bits per heavy atom. The van der Waals surface area contributed by atoms with Gasteiger partial charge in [0, 0.05) is 23.3 Å². The van der Waals surface area contributed by atoms with Gasteiger partial charge in [0.15, 0.2) is 0 Å². The van der Waals surface area contributed by atoms with Crippen molar-refractivity contribution in [2.75, 3.05) is 7.05 Å². The van der Waals surface area contributed by atoms with E-state index in [0.717, 1.165) is 10.9 Å². The van der Waals surface area contributed by atoms with Gasteiger partial charge in [0.1, 0.15) is 5.15 Å². The average molecular weight is 320 g/mol. The van der Waals surface area contributed by atoms with E-state index in [1.165, 1.54) is 0 Å². The highest BCUT2D eigenvalue weighted by Crippen LogP contribution is 2.24. The minimum Gasteiger partial charge on any atom is -0.337 e. The number of aromatic nitrogens is 1. The van der Waals surface area contributed by atoms with E-state index in [2.05, 4.69) is 20.9 Å².